The molecular weight excluding hydrogens is 370 g/mol. The Bertz CT molecular complexity index is 1110. The molecule has 3 heterocycles. The number of carbonyl (C=O) groups is 1. The highest BCUT2D eigenvalue weighted by Crippen LogP contribution is 2.42. The second-order valence-electron chi connectivity index (χ2n) is 6.75. The number of thiophene rings is 1. The summed E-state index contributed by atoms with van der Waals surface area (Å²) in [4.78, 5) is 16.9. The lowest BCUT2D eigenvalue weighted by Gasteiger charge is -2.12. The van der Waals surface area contributed by atoms with Crippen LogP contribution in [-0.2, 0) is 24.2 Å². The minimum atomic E-state index is -0.654. The van der Waals surface area contributed by atoms with Gasteiger partial charge in [-0.25, -0.2) is 8.78 Å². The third kappa shape index (κ3) is 2.32. The van der Waals surface area contributed by atoms with Crippen LogP contribution < -0.4 is 0 Å². The van der Waals surface area contributed by atoms with Crippen molar-refractivity contribution in [2.24, 2.45) is 10.9 Å². The van der Waals surface area contributed by atoms with Gasteiger partial charge in [-0.05, 0) is 37.5 Å². The molecule has 1 unspecified atom stereocenters. The third-order valence-electron chi connectivity index (χ3n) is 5.09. The van der Waals surface area contributed by atoms with E-state index in [1.54, 1.807) is 0 Å². The van der Waals surface area contributed by atoms with Gasteiger partial charge in [0.2, 0.25) is 0 Å². The summed E-state index contributed by atoms with van der Waals surface area (Å²) in [6.45, 7) is 2.02. The molecule has 5 rings (SSSR count). The van der Waals surface area contributed by atoms with Crippen molar-refractivity contribution in [3.8, 4) is 5.00 Å². The lowest BCUT2D eigenvalue weighted by Crippen LogP contribution is -2.12. The highest BCUT2D eigenvalue weighted by molar-refractivity contribution is 7.15. The molecular formula is C19H14F2N4OS. The molecule has 0 spiro atoms. The van der Waals surface area contributed by atoms with Crippen LogP contribution in [0.15, 0.2) is 23.2 Å². The lowest BCUT2D eigenvalue weighted by atomic mass is 9.97. The molecule has 0 saturated heterocycles. The number of rotatable bonds is 2. The summed E-state index contributed by atoms with van der Waals surface area (Å²) in [6.07, 6.45) is 2.14. The summed E-state index contributed by atoms with van der Waals surface area (Å²) >= 11 is 1.53. The van der Waals surface area contributed by atoms with Gasteiger partial charge in [-0.3, -0.25) is 9.56 Å². The predicted octanol–water partition coefficient (Wildman–Crippen LogP) is 3.18. The molecule has 136 valence electrons. The van der Waals surface area contributed by atoms with Crippen LogP contribution in [0.3, 0.4) is 0 Å². The van der Waals surface area contributed by atoms with Gasteiger partial charge in [0.15, 0.2) is 5.82 Å². The fraction of sp³-hybridized carbons (Fsp3) is 0.263. The van der Waals surface area contributed by atoms with Crippen LogP contribution in [0.25, 0.3) is 5.00 Å². The number of aromatic nitrogens is 3. The van der Waals surface area contributed by atoms with Crippen molar-refractivity contribution in [1.82, 2.24) is 14.8 Å². The van der Waals surface area contributed by atoms with Crippen LogP contribution in [0.5, 0.6) is 0 Å². The zero-order valence-corrected chi connectivity index (χ0v) is 15.2. The van der Waals surface area contributed by atoms with Crippen molar-refractivity contribution in [2.45, 2.75) is 26.3 Å². The van der Waals surface area contributed by atoms with Gasteiger partial charge >= 0.3 is 0 Å². The zero-order chi connectivity index (χ0) is 18.7. The molecule has 1 atom stereocenters. The van der Waals surface area contributed by atoms with E-state index >= 15 is 0 Å². The molecule has 0 saturated carbocycles. The number of hydrogen-bond acceptors (Lipinski definition) is 5. The fourth-order valence-corrected chi connectivity index (χ4v) is 5.37. The van der Waals surface area contributed by atoms with E-state index in [4.69, 9.17) is 0 Å². The molecule has 3 aromatic rings. The number of nitrogens with zero attached hydrogens (tertiary/aromatic N) is 4. The minimum absolute atomic E-state index is 0.104. The lowest BCUT2D eigenvalue weighted by molar-refractivity contribution is -0.110. The SMILES string of the molecule is Cc1nnc2n1-c1sc3c(c1C(c1c(F)cccc1F)=NC2)CC(C=O)C3. The largest absolute Gasteiger partial charge is 0.303 e. The van der Waals surface area contributed by atoms with Crippen molar-refractivity contribution < 1.29 is 13.6 Å². The van der Waals surface area contributed by atoms with E-state index in [1.165, 1.54) is 29.5 Å². The molecule has 0 bridgehead atoms. The highest BCUT2D eigenvalue weighted by Gasteiger charge is 2.35. The number of fused-ring (bicyclic) bond motifs is 5. The quantitative estimate of drug-likeness (QED) is 0.638. The molecule has 0 fully saturated rings. The maximum atomic E-state index is 14.6. The first-order chi connectivity index (χ1) is 13.1. The normalized spacial score (nSPS) is 17.7. The van der Waals surface area contributed by atoms with Crippen molar-refractivity contribution in [3.05, 3.63) is 63.0 Å². The van der Waals surface area contributed by atoms with Gasteiger partial charge in [0.05, 0.1) is 11.3 Å². The van der Waals surface area contributed by atoms with E-state index in [0.29, 0.717) is 30.1 Å². The van der Waals surface area contributed by atoms with Gasteiger partial charge in [-0.15, -0.1) is 21.5 Å². The summed E-state index contributed by atoms with van der Waals surface area (Å²) in [7, 11) is 0. The molecule has 8 heteroatoms. The van der Waals surface area contributed by atoms with Gasteiger partial charge in [0.25, 0.3) is 0 Å². The Morgan fingerprint density at radius 3 is 2.70 bits per heavy atom. The monoisotopic (exact) mass is 384 g/mol. The Morgan fingerprint density at radius 1 is 1.19 bits per heavy atom. The Morgan fingerprint density at radius 2 is 1.96 bits per heavy atom. The van der Waals surface area contributed by atoms with Crippen LogP contribution in [-0.4, -0.2) is 26.8 Å². The number of hydrogen-bond donors (Lipinski definition) is 0. The van der Waals surface area contributed by atoms with E-state index in [1.807, 2.05) is 11.5 Å². The third-order valence-corrected chi connectivity index (χ3v) is 6.33. The number of aldehydes is 1. The average Bonchev–Trinajstić information content (AvgIpc) is 3.27. The van der Waals surface area contributed by atoms with Gasteiger partial charge in [-0.2, -0.15) is 0 Å². The van der Waals surface area contributed by atoms with Gasteiger partial charge in [-0.1, -0.05) is 6.07 Å². The molecule has 1 aromatic carbocycles. The molecule has 0 amide bonds. The number of halogens is 2. The average molecular weight is 384 g/mol. The number of aryl methyl sites for hydroxylation is 1. The van der Waals surface area contributed by atoms with Gasteiger partial charge in [0, 0.05) is 16.4 Å². The Balaban J connectivity index is 1.82. The first-order valence-electron chi connectivity index (χ1n) is 8.58. The summed E-state index contributed by atoms with van der Waals surface area (Å²) in [6, 6.07) is 3.81. The van der Waals surface area contributed by atoms with Gasteiger partial charge < -0.3 is 4.79 Å². The smallest absolute Gasteiger partial charge is 0.160 e. The maximum absolute atomic E-state index is 14.6. The number of aliphatic imine (C=N–C) groups is 1. The molecule has 2 aromatic heterocycles. The van der Waals surface area contributed by atoms with Crippen molar-refractivity contribution in [2.75, 3.05) is 0 Å². The molecule has 27 heavy (non-hydrogen) atoms. The molecule has 1 aliphatic heterocycles. The second-order valence-corrected chi connectivity index (χ2v) is 7.83. The van der Waals surface area contributed by atoms with Crippen molar-refractivity contribution in [3.63, 3.8) is 0 Å². The summed E-state index contributed by atoms with van der Waals surface area (Å²) in [5, 5.41) is 9.12. The summed E-state index contributed by atoms with van der Waals surface area (Å²) in [5.74, 6) is -0.0816. The maximum Gasteiger partial charge on any atom is 0.160 e. The number of benzene rings is 1. The molecule has 5 nitrogen and oxygen atoms in total. The van der Waals surface area contributed by atoms with Gasteiger partial charge in [0.1, 0.15) is 35.3 Å². The first kappa shape index (κ1) is 16.4. The van der Waals surface area contributed by atoms with Crippen LogP contribution >= 0.6 is 11.3 Å². The Kier molecular flexibility index (Phi) is 3.58. The second kappa shape index (κ2) is 5.88. The highest BCUT2D eigenvalue weighted by atomic mass is 32.1. The molecule has 2 aliphatic rings. The summed E-state index contributed by atoms with van der Waals surface area (Å²) in [5.41, 5.74) is 1.80. The van der Waals surface area contributed by atoms with Crippen molar-refractivity contribution >= 4 is 23.3 Å². The van der Waals surface area contributed by atoms with Crippen LogP contribution in [0.4, 0.5) is 8.78 Å². The van der Waals surface area contributed by atoms with Crippen LogP contribution in [0.2, 0.25) is 0 Å². The van der Waals surface area contributed by atoms with Crippen LogP contribution in [0.1, 0.15) is 33.2 Å². The van der Waals surface area contributed by atoms with Crippen molar-refractivity contribution in [1.29, 1.82) is 0 Å². The number of carbonyl (C=O) groups excluding carboxylic acids is 1. The minimum Gasteiger partial charge on any atom is -0.303 e. The zero-order valence-electron chi connectivity index (χ0n) is 14.4. The Labute approximate surface area is 157 Å². The Hall–Kier alpha value is -2.74. The van der Waals surface area contributed by atoms with Crippen LogP contribution in [0, 0.1) is 24.5 Å². The van der Waals surface area contributed by atoms with E-state index in [9.17, 15) is 13.6 Å². The molecule has 1 aliphatic carbocycles. The first-order valence-corrected chi connectivity index (χ1v) is 9.40. The van der Waals surface area contributed by atoms with E-state index < -0.39 is 11.6 Å². The van der Waals surface area contributed by atoms with E-state index in [2.05, 4.69) is 15.2 Å². The predicted molar refractivity (Wildman–Crippen MR) is 96.6 cm³/mol. The standard InChI is InChI=1S/C19H14F2N4OS/c1-9-23-24-15-7-22-18(17-12(20)3-2-4-13(17)21)16-11-5-10(8-26)6-14(11)27-19(16)25(9)15/h2-4,8,10H,5-7H2,1H3. The van der Waals surface area contributed by atoms with E-state index in [-0.39, 0.29) is 23.7 Å². The molecule has 0 radical (unpaired) electrons. The summed E-state index contributed by atoms with van der Waals surface area (Å²) < 4.78 is 31.1. The topological polar surface area (TPSA) is 60.1 Å². The fourth-order valence-electron chi connectivity index (χ4n) is 3.88. The molecule has 0 N–H and O–H groups in total. The van der Waals surface area contributed by atoms with E-state index in [0.717, 1.165) is 21.7 Å².